The molecular weight excluding hydrogens is 142 g/mol. The summed E-state index contributed by atoms with van der Waals surface area (Å²) in [5.41, 5.74) is 1.42. The molecule has 1 N–H and O–H groups in total. The lowest BCUT2D eigenvalue weighted by molar-refractivity contribution is -0.239. The molecule has 0 saturated carbocycles. The maximum absolute atomic E-state index is 3.13. The van der Waals surface area contributed by atoms with E-state index in [0.717, 1.165) is 6.42 Å². The fraction of sp³-hybridized carbons (Fsp3) is 0.125. The van der Waals surface area contributed by atoms with Crippen molar-refractivity contribution in [1.82, 2.24) is 0 Å². The van der Waals surface area contributed by atoms with Crippen LogP contribution in [-0.2, 0) is 6.42 Å². The summed E-state index contributed by atoms with van der Waals surface area (Å²) < 4.78 is 3.13. The van der Waals surface area contributed by atoms with Gasteiger partial charge in [-0.3, -0.25) is 0 Å². The number of rotatable bonds is 0. The quantitative estimate of drug-likeness (QED) is 0.529. The summed E-state index contributed by atoms with van der Waals surface area (Å²) in [6.07, 6.45) is 3.12. The Morgan fingerprint density at radius 3 is 3.10 bits per heavy atom. The smallest absolute Gasteiger partial charge is 0.178 e. The monoisotopic (exact) mass is 150 g/mol. The van der Waals surface area contributed by atoms with Crippen molar-refractivity contribution in [2.75, 3.05) is 0 Å². The minimum absolute atomic E-state index is 1.04. The van der Waals surface area contributed by atoms with E-state index in [1.807, 2.05) is 0 Å². The molecule has 0 fully saturated rings. The average Bonchev–Trinajstić information content (AvgIpc) is 2.05. The maximum atomic E-state index is 3.13. The molecule has 0 atom stereocenters. The SMILES string of the molecule is C1=[NH+]Sc2ccccc2C1. The van der Waals surface area contributed by atoms with Crippen molar-refractivity contribution < 1.29 is 4.40 Å². The van der Waals surface area contributed by atoms with E-state index in [0.29, 0.717) is 0 Å². The first kappa shape index (κ1) is 5.98. The van der Waals surface area contributed by atoms with Crippen LogP contribution < -0.4 is 4.40 Å². The van der Waals surface area contributed by atoms with Gasteiger partial charge in [-0.25, -0.2) is 0 Å². The zero-order valence-corrected chi connectivity index (χ0v) is 6.32. The Labute approximate surface area is 64.3 Å². The van der Waals surface area contributed by atoms with Gasteiger partial charge in [0.05, 0.1) is 11.3 Å². The highest BCUT2D eigenvalue weighted by molar-refractivity contribution is 7.92. The molecule has 0 radical (unpaired) electrons. The summed E-state index contributed by atoms with van der Waals surface area (Å²) >= 11 is 1.68. The summed E-state index contributed by atoms with van der Waals surface area (Å²) in [6, 6.07) is 8.46. The molecule has 10 heavy (non-hydrogen) atoms. The summed E-state index contributed by atoms with van der Waals surface area (Å²) in [5.74, 6) is 0. The first-order chi connectivity index (χ1) is 4.97. The van der Waals surface area contributed by atoms with Crippen LogP contribution in [0.25, 0.3) is 0 Å². The van der Waals surface area contributed by atoms with E-state index >= 15 is 0 Å². The molecule has 0 unspecified atom stereocenters. The largest absolute Gasteiger partial charge is 0.194 e. The van der Waals surface area contributed by atoms with Gasteiger partial charge >= 0.3 is 0 Å². The minimum atomic E-state index is 1.04. The number of fused-ring (bicyclic) bond motifs is 1. The van der Waals surface area contributed by atoms with Gasteiger partial charge in [-0.2, -0.15) is 4.40 Å². The van der Waals surface area contributed by atoms with Crippen LogP contribution in [0.4, 0.5) is 0 Å². The molecular formula is C8H8NS+. The molecule has 0 spiro atoms. The summed E-state index contributed by atoms with van der Waals surface area (Å²) in [7, 11) is 0. The Hall–Kier alpha value is -0.760. The Bertz CT molecular complexity index is 241. The van der Waals surface area contributed by atoms with E-state index in [1.165, 1.54) is 10.5 Å². The molecule has 1 aliphatic rings. The van der Waals surface area contributed by atoms with Crippen LogP contribution in [0.3, 0.4) is 0 Å². The predicted octanol–water partition coefficient (Wildman–Crippen LogP) is 0.401. The van der Waals surface area contributed by atoms with E-state index < -0.39 is 0 Å². The van der Waals surface area contributed by atoms with Crippen molar-refractivity contribution >= 4 is 18.2 Å². The lowest BCUT2D eigenvalue weighted by Crippen LogP contribution is -2.60. The van der Waals surface area contributed by atoms with Gasteiger partial charge in [0.25, 0.3) is 0 Å². The van der Waals surface area contributed by atoms with Crippen molar-refractivity contribution in [3.63, 3.8) is 0 Å². The van der Waals surface area contributed by atoms with Crippen LogP contribution in [0.1, 0.15) is 5.56 Å². The molecule has 1 aromatic rings. The van der Waals surface area contributed by atoms with Crippen molar-refractivity contribution in [2.24, 2.45) is 0 Å². The molecule has 0 bridgehead atoms. The highest BCUT2D eigenvalue weighted by Crippen LogP contribution is 2.17. The topological polar surface area (TPSA) is 14.0 Å². The molecule has 0 saturated heterocycles. The van der Waals surface area contributed by atoms with Crippen LogP contribution >= 0.6 is 11.9 Å². The summed E-state index contributed by atoms with van der Waals surface area (Å²) in [4.78, 5) is 1.35. The molecule has 2 rings (SSSR count). The second kappa shape index (κ2) is 2.46. The van der Waals surface area contributed by atoms with Gasteiger partial charge in [-0.05, 0) is 11.6 Å². The van der Waals surface area contributed by atoms with E-state index in [-0.39, 0.29) is 0 Å². The van der Waals surface area contributed by atoms with Gasteiger partial charge in [0.2, 0.25) is 0 Å². The van der Waals surface area contributed by atoms with Crippen LogP contribution in [0, 0.1) is 0 Å². The van der Waals surface area contributed by atoms with Gasteiger partial charge < -0.3 is 0 Å². The van der Waals surface area contributed by atoms with E-state index in [1.54, 1.807) is 11.9 Å². The fourth-order valence-electron chi connectivity index (χ4n) is 1.03. The third kappa shape index (κ3) is 0.948. The molecule has 1 nitrogen and oxygen atoms in total. The van der Waals surface area contributed by atoms with Crippen molar-refractivity contribution in [3.8, 4) is 0 Å². The van der Waals surface area contributed by atoms with E-state index in [4.69, 9.17) is 0 Å². The molecule has 50 valence electrons. The molecule has 0 amide bonds. The van der Waals surface area contributed by atoms with Crippen LogP contribution in [-0.4, -0.2) is 6.21 Å². The Balaban J connectivity index is 2.47. The Morgan fingerprint density at radius 2 is 2.20 bits per heavy atom. The number of nitrogens with one attached hydrogen (secondary N) is 1. The van der Waals surface area contributed by atoms with E-state index in [9.17, 15) is 0 Å². The summed E-state index contributed by atoms with van der Waals surface area (Å²) in [5, 5.41) is 0. The van der Waals surface area contributed by atoms with Gasteiger partial charge in [0.1, 0.15) is 0 Å². The highest BCUT2D eigenvalue weighted by atomic mass is 32.2. The number of benzene rings is 1. The number of hydrogen-bond acceptors (Lipinski definition) is 1. The first-order valence-electron chi connectivity index (χ1n) is 3.29. The standard InChI is InChI=1S/C8H7NS/c1-2-4-8-7(3-1)5-6-9-10-8/h1-4,6H,5H2/p+1. The van der Waals surface area contributed by atoms with E-state index in [2.05, 4.69) is 34.9 Å². The Morgan fingerprint density at radius 1 is 1.30 bits per heavy atom. The minimum Gasteiger partial charge on any atom is -0.178 e. The van der Waals surface area contributed by atoms with Gasteiger partial charge in [-0.1, -0.05) is 18.2 Å². The second-order valence-electron chi connectivity index (χ2n) is 2.24. The molecule has 0 aliphatic carbocycles. The zero-order valence-electron chi connectivity index (χ0n) is 5.50. The molecule has 1 heterocycles. The zero-order chi connectivity index (χ0) is 6.81. The lowest BCUT2D eigenvalue weighted by atomic mass is 10.2. The fourth-order valence-corrected chi connectivity index (χ4v) is 1.75. The average molecular weight is 150 g/mol. The number of hydrogen-bond donors (Lipinski definition) is 1. The van der Waals surface area contributed by atoms with Gasteiger partial charge in [-0.15, -0.1) is 0 Å². The lowest BCUT2D eigenvalue weighted by Gasteiger charge is -2.01. The van der Waals surface area contributed by atoms with Crippen molar-refractivity contribution in [2.45, 2.75) is 11.3 Å². The van der Waals surface area contributed by atoms with Crippen LogP contribution in [0.15, 0.2) is 29.2 Å². The summed E-state index contributed by atoms with van der Waals surface area (Å²) in [6.45, 7) is 0. The predicted molar refractivity (Wildman–Crippen MR) is 43.0 cm³/mol. The Kier molecular flexibility index (Phi) is 1.47. The maximum Gasteiger partial charge on any atom is 0.194 e. The van der Waals surface area contributed by atoms with Crippen molar-refractivity contribution in [1.29, 1.82) is 0 Å². The third-order valence-corrected chi connectivity index (χ3v) is 2.45. The molecule has 1 aromatic carbocycles. The van der Waals surface area contributed by atoms with Gasteiger partial charge in [0.15, 0.2) is 18.2 Å². The first-order valence-corrected chi connectivity index (χ1v) is 4.10. The van der Waals surface area contributed by atoms with Gasteiger partial charge in [0, 0.05) is 0 Å². The van der Waals surface area contributed by atoms with Crippen molar-refractivity contribution in [3.05, 3.63) is 29.8 Å². The molecule has 1 aliphatic heterocycles. The highest BCUT2D eigenvalue weighted by Gasteiger charge is 2.08. The third-order valence-electron chi connectivity index (χ3n) is 1.55. The van der Waals surface area contributed by atoms with Crippen LogP contribution in [0.2, 0.25) is 0 Å². The molecule has 2 heteroatoms. The second-order valence-corrected chi connectivity index (χ2v) is 3.12. The normalized spacial score (nSPS) is 14.8. The van der Waals surface area contributed by atoms with Crippen LogP contribution in [0.5, 0.6) is 0 Å². The molecule has 0 aromatic heterocycles.